The van der Waals surface area contributed by atoms with Crippen LogP contribution in [-0.4, -0.2) is 49.2 Å². The third-order valence-electron chi connectivity index (χ3n) is 9.36. The first-order chi connectivity index (χ1) is 31.8. The molecule has 5 aromatic carbocycles. The fourth-order valence-electron chi connectivity index (χ4n) is 6.08. The minimum Gasteiger partial charge on any atom is -0.429 e. The van der Waals surface area contributed by atoms with E-state index in [1.54, 1.807) is 47.8 Å². The van der Waals surface area contributed by atoms with Crippen molar-refractivity contribution in [3.8, 4) is 5.75 Å². The van der Waals surface area contributed by atoms with E-state index in [0.29, 0.717) is 23.6 Å². The molecular weight excluding hydrogens is 949 g/mol. The van der Waals surface area contributed by atoms with Crippen molar-refractivity contribution in [2.75, 3.05) is 0 Å². The fourth-order valence-corrected chi connectivity index (χ4v) is 6.08. The number of nitrogens with one attached hydrogen (secondary N) is 1. The Morgan fingerprint density at radius 2 is 1.07 bits per heavy atom. The predicted octanol–water partition coefficient (Wildman–Crippen LogP) is 14.0. The largest absolute Gasteiger partial charge is 0.463 e. The highest BCUT2D eigenvalue weighted by molar-refractivity contribution is 5.84. The van der Waals surface area contributed by atoms with Crippen LogP contribution in [0.3, 0.4) is 0 Å². The highest BCUT2D eigenvalue weighted by atomic mass is 19.4. The first-order valence-corrected chi connectivity index (χ1v) is 19.6. The average molecular weight is 986 g/mol. The van der Waals surface area contributed by atoms with Crippen molar-refractivity contribution in [3.63, 3.8) is 0 Å². The van der Waals surface area contributed by atoms with Gasteiger partial charge in [-0.05, 0) is 89.2 Å². The molecular formula is C47H36F17NO3. The van der Waals surface area contributed by atoms with Gasteiger partial charge in [0.25, 0.3) is 0 Å². The molecule has 1 N–H and O–H groups in total. The van der Waals surface area contributed by atoms with Crippen LogP contribution >= 0.6 is 0 Å². The molecule has 1 aliphatic rings. The zero-order chi connectivity index (χ0) is 50.5. The van der Waals surface area contributed by atoms with E-state index >= 15 is 0 Å². The molecule has 1 amide bonds. The van der Waals surface area contributed by atoms with E-state index in [1.807, 2.05) is 18.2 Å². The molecule has 366 valence electrons. The van der Waals surface area contributed by atoms with Crippen molar-refractivity contribution in [2.45, 2.75) is 74.6 Å². The highest BCUT2D eigenvalue weighted by Gasteiger charge is 2.63. The van der Waals surface area contributed by atoms with Gasteiger partial charge in [-0.3, -0.25) is 4.79 Å². The number of ether oxygens (including phenoxy) is 2. The smallest absolute Gasteiger partial charge is 0.429 e. The number of hydrogen-bond donors (Lipinski definition) is 1. The van der Waals surface area contributed by atoms with E-state index in [1.165, 1.54) is 42.5 Å². The summed E-state index contributed by atoms with van der Waals surface area (Å²) in [6, 6.07) is 29.0. The molecule has 6 rings (SSSR count). The van der Waals surface area contributed by atoms with Crippen LogP contribution in [0.5, 0.6) is 5.75 Å². The molecule has 0 aliphatic heterocycles. The Kier molecular flexibility index (Phi) is 18.7. The molecule has 0 bridgehead atoms. The Morgan fingerprint density at radius 3 is 1.56 bits per heavy atom. The molecule has 4 nitrogen and oxygen atoms in total. The van der Waals surface area contributed by atoms with Gasteiger partial charge in [-0.15, -0.1) is 0 Å². The molecule has 0 spiro atoms. The lowest BCUT2D eigenvalue weighted by molar-refractivity contribution is -0.280. The topological polar surface area (TPSA) is 47.6 Å². The van der Waals surface area contributed by atoms with E-state index in [-0.39, 0.29) is 24.0 Å². The minimum atomic E-state index is -6.00. The Labute approximate surface area is 376 Å². The lowest BCUT2D eigenvalue weighted by Crippen LogP contribution is -2.51. The van der Waals surface area contributed by atoms with Gasteiger partial charge in [0.05, 0.1) is 6.04 Å². The predicted molar refractivity (Wildman–Crippen MR) is 214 cm³/mol. The molecule has 3 atom stereocenters. The van der Waals surface area contributed by atoms with Crippen LogP contribution in [0.4, 0.5) is 74.6 Å². The molecule has 0 saturated carbocycles. The van der Waals surface area contributed by atoms with Crippen molar-refractivity contribution >= 4 is 5.91 Å². The highest BCUT2D eigenvalue weighted by Crippen LogP contribution is 2.37. The number of allylic oxidation sites excluding steroid dienone is 3. The minimum absolute atomic E-state index is 0.0348. The Morgan fingerprint density at radius 1 is 0.588 bits per heavy atom. The van der Waals surface area contributed by atoms with Crippen molar-refractivity contribution in [1.82, 2.24) is 5.32 Å². The fraction of sp³-hybridized carbons (Fsp3) is 0.255. The summed E-state index contributed by atoms with van der Waals surface area (Å²) in [6.07, 6.45) is -21.4. The number of benzene rings is 5. The summed E-state index contributed by atoms with van der Waals surface area (Å²) in [5.41, 5.74) is 2.52. The van der Waals surface area contributed by atoms with Crippen LogP contribution in [0.1, 0.15) is 46.2 Å². The third kappa shape index (κ3) is 16.1. The second-order valence-corrected chi connectivity index (χ2v) is 14.5. The van der Waals surface area contributed by atoms with Crippen LogP contribution in [0.2, 0.25) is 0 Å². The van der Waals surface area contributed by atoms with Crippen molar-refractivity contribution < 1.29 is 88.9 Å². The summed E-state index contributed by atoms with van der Waals surface area (Å²) in [5.74, 6) is -11.8. The zero-order valence-corrected chi connectivity index (χ0v) is 34.5. The first kappa shape index (κ1) is 54.1. The standard InChI is InChI=1S/C22H16F6O.C17H13F6NO.C8H7F5O/c23-17-8-6-15(7-9-17)20(10-14-4-2-1-3-5-14)16-11-18(24)13-19(12-16)29-22(27,28)21(25)26;18-13-8-6-12(7-9-13)14(10-11-4-2-1-3-5-11)24-15(25)16(19,20)17(21,22)23;9-5-2-1-3-6(4-5)14-8(12,13)7(10)11/h1-9,11-13,20-21H,10H2;1-9,14H,10H2,(H,24,25);1,3-5,7H,2H2/t20-;14-;/m10./s1. The number of carbonyl (C=O) groups excluding carboxylic acids is 1. The average Bonchev–Trinajstić information content (AvgIpc) is 3.26. The van der Waals surface area contributed by atoms with Crippen LogP contribution in [-0.2, 0) is 22.4 Å². The van der Waals surface area contributed by atoms with Gasteiger partial charge in [0.1, 0.15) is 35.1 Å². The van der Waals surface area contributed by atoms with Crippen LogP contribution < -0.4 is 10.1 Å². The van der Waals surface area contributed by atoms with E-state index < -0.39 is 90.2 Å². The number of hydrogen-bond acceptors (Lipinski definition) is 3. The molecule has 21 heteroatoms. The summed E-state index contributed by atoms with van der Waals surface area (Å²) >= 11 is 0. The number of carbonyl (C=O) groups is 1. The number of amides is 1. The van der Waals surface area contributed by atoms with Crippen LogP contribution in [0.25, 0.3) is 0 Å². The maximum atomic E-state index is 14.1. The molecule has 5 aromatic rings. The Hall–Kier alpha value is -6.54. The molecule has 0 saturated heterocycles. The monoisotopic (exact) mass is 985 g/mol. The number of halogens is 17. The molecule has 68 heavy (non-hydrogen) atoms. The van der Waals surface area contributed by atoms with Gasteiger partial charge in [-0.1, -0.05) is 91.0 Å². The normalized spacial score (nSPS) is 15.0. The maximum Gasteiger partial charge on any atom is 0.463 e. The molecule has 0 aromatic heterocycles. The molecule has 0 radical (unpaired) electrons. The first-order valence-electron chi connectivity index (χ1n) is 19.6. The van der Waals surface area contributed by atoms with E-state index in [2.05, 4.69) is 9.47 Å². The summed E-state index contributed by atoms with van der Waals surface area (Å²) in [6.45, 7) is 0. The van der Waals surface area contributed by atoms with Crippen molar-refractivity contribution in [1.29, 1.82) is 0 Å². The molecule has 1 unspecified atom stereocenters. The second kappa shape index (κ2) is 23.5. The molecule has 1 aliphatic carbocycles. The Bertz CT molecular complexity index is 2410. The van der Waals surface area contributed by atoms with Gasteiger partial charge in [0, 0.05) is 18.4 Å². The van der Waals surface area contributed by atoms with E-state index in [0.717, 1.165) is 42.0 Å². The van der Waals surface area contributed by atoms with Gasteiger partial charge in [-0.25, -0.2) is 17.6 Å². The molecule has 0 fully saturated rings. The zero-order valence-electron chi connectivity index (χ0n) is 34.5. The quantitative estimate of drug-likeness (QED) is 0.106. The van der Waals surface area contributed by atoms with Gasteiger partial charge in [-0.2, -0.15) is 57.1 Å². The maximum absolute atomic E-state index is 14.1. The summed E-state index contributed by atoms with van der Waals surface area (Å²) in [5, 5.41) is 1.72. The van der Waals surface area contributed by atoms with Gasteiger partial charge in [0.2, 0.25) is 0 Å². The van der Waals surface area contributed by atoms with Gasteiger partial charge >= 0.3 is 43.1 Å². The van der Waals surface area contributed by atoms with Gasteiger partial charge < -0.3 is 14.8 Å². The van der Waals surface area contributed by atoms with Crippen LogP contribution in [0.15, 0.2) is 151 Å². The number of rotatable bonds is 15. The molecule has 0 heterocycles. The Balaban J connectivity index is 0.000000236. The van der Waals surface area contributed by atoms with Crippen molar-refractivity contribution in [2.24, 2.45) is 0 Å². The third-order valence-corrected chi connectivity index (χ3v) is 9.36. The summed E-state index contributed by atoms with van der Waals surface area (Å²) in [7, 11) is 0. The SMILES string of the molecule is FC1C=C(OC(F)(F)C(F)F)C=CC1.Fc1ccc([C@@H](Cc2ccccc2)c2cc(F)cc(OC(F)(F)C(F)F)c2)cc1.O=C(N[C@@H](Cc1ccccc1)c1ccc(F)cc1)C(F)(F)C(F)(F)F. The van der Waals surface area contributed by atoms with Gasteiger partial charge in [0.15, 0.2) is 0 Å². The van der Waals surface area contributed by atoms with E-state index in [4.69, 9.17) is 0 Å². The second-order valence-electron chi connectivity index (χ2n) is 14.5. The van der Waals surface area contributed by atoms with Crippen molar-refractivity contribution in [3.05, 3.63) is 197 Å². The lowest BCUT2D eigenvalue weighted by Gasteiger charge is -2.24. The van der Waals surface area contributed by atoms with Crippen LogP contribution in [0, 0.1) is 17.5 Å². The lowest BCUT2D eigenvalue weighted by atomic mass is 9.86. The summed E-state index contributed by atoms with van der Waals surface area (Å²) < 4.78 is 224. The summed E-state index contributed by atoms with van der Waals surface area (Å²) in [4.78, 5) is 11.5. The van der Waals surface area contributed by atoms with E-state index in [9.17, 15) is 79.4 Å². The number of alkyl halides is 14.